The van der Waals surface area contributed by atoms with Gasteiger partial charge in [0, 0.05) is 11.1 Å². The van der Waals surface area contributed by atoms with E-state index in [-0.39, 0.29) is 23.4 Å². The summed E-state index contributed by atoms with van der Waals surface area (Å²) in [6.07, 6.45) is -4.46. The number of rotatable bonds is 2. The Morgan fingerprint density at radius 2 is 1.62 bits per heavy atom. The second-order valence-corrected chi connectivity index (χ2v) is 6.86. The van der Waals surface area contributed by atoms with Crippen LogP contribution in [0.25, 0.3) is 0 Å². The Kier molecular flexibility index (Phi) is 5.76. The fraction of sp³-hybridized carbons (Fsp3) is 0.286. The van der Waals surface area contributed by atoms with E-state index < -0.39 is 11.7 Å². The Hall–Kier alpha value is -2.74. The van der Waals surface area contributed by atoms with E-state index >= 15 is 0 Å². The summed E-state index contributed by atoms with van der Waals surface area (Å²) in [5, 5.41) is 2.59. The van der Waals surface area contributed by atoms with Gasteiger partial charge in [-0.2, -0.15) is 13.2 Å². The third kappa shape index (κ3) is 5.13. The molecule has 0 spiro atoms. The summed E-state index contributed by atoms with van der Waals surface area (Å²) < 4.78 is 38.7. The molecule has 2 aromatic carbocycles. The minimum absolute atomic E-state index is 0.00758. The van der Waals surface area contributed by atoms with E-state index in [2.05, 4.69) is 37.9 Å². The van der Waals surface area contributed by atoms with Gasteiger partial charge in [0.25, 0.3) is 5.91 Å². The lowest BCUT2D eigenvalue weighted by molar-refractivity contribution is -0.137. The van der Waals surface area contributed by atoms with Gasteiger partial charge in [-0.1, -0.05) is 56.9 Å². The van der Waals surface area contributed by atoms with E-state index in [0.717, 1.165) is 11.6 Å². The third-order valence-electron chi connectivity index (χ3n) is 3.81. The highest BCUT2D eigenvalue weighted by atomic mass is 19.4. The van der Waals surface area contributed by atoms with Crippen molar-refractivity contribution in [3.63, 3.8) is 0 Å². The molecular formula is C21H20F3NO. The van der Waals surface area contributed by atoms with Crippen LogP contribution in [-0.2, 0) is 11.6 Å². The zero-order valence-corrected chi connectivity index (χ0v) is 14.9. The molecule has 136 valence electrons. The van der Waals surface area contributed by atoms with Gasteiger partial charge in [-0.05, 0) is 35.2 Å². The van der Waals surface area contributed by atoms with Crippen LogP contribution < -0.4 is 5.32 Å². The fourth-order valence-electron chi connectivity index (χ4n) is 2.33. The molecule has 1 amide bonds. The lowest BCUT2D eigenvalue weighted by atomic mass is 9.87. The van der Waals surface area contributed by atoms with Crippen LogP contribution in [0.3, 0.4) is 0 Å². The Labute approximate surface area is 151 Å². The van der Waals surface area contributed by atoms with Gasteiger partial charge >= 0.3 is 6.18 Å². The van der Waals surface area contributed by atoms with Crippen LogP contribution in [0, 0.1) is 11.8 Å². The minimum atomic E-state index is -4.46. The van der Waals surface area contributed by atoms with Gasteiger partial charge in [0.15, 0.2) is 0 Å². The number of halogens is 3. The number of benzene rings is 2. The van der Waals surface area contributed by atoms with Crippen molar-refractivity contribution in [2.75, 3.05) is 6.54 Å². The number of amides is 1. The molecule has 1 N–H and O–H groups in total. The Morgan fingerprint density at radius 1 is 1.00 bits per heavy atom. The topological polar surface area (TPSA) is 29.1 Å². The highest BCUT2D eigenvalue weighted by Crippen LogP contribution is 2.31. The quantitative estimate of drug-likeness (QED) is 0.768. The lowest BCUT2D eigenvalue weighted by Crippen LogP contribution is -2.23. The predicted octanol–water partition coefficient (Wildman–Crippen LogP) is 4.78. The van der Waals surface area contributed by atoms with Gasteiger partial charge in [-0.15, -0.1) is 0 Å². The maximum atomic E-state index is 12.9. The minimum Gasteiger partial charge on any atom is -0.341 e. The molecule has 0 radical (unpaired) electrons. The average molecular weight is 359 g/mol. The Balaban J connectivity index is 2.01. The molecule has 2 nitrogen and oxygen atoms in total. The maximum Gasteiger partial charge on any atom is 0.417 e. The first-order valence-corrected chi connectivity index (χ1v) is 8.13. The van der Waals surface area contributed by atoms with Crippen molar-refractivity contribution in [1.82, 2.24) is 5.32 Å². The summed E-state index contributed by atoms with van der Waals surface area (Å²) in [4.78, 5) is 12.1. The van der Waals surface area contributed by atoms with Crippen molar-refractivity contribution in [3.05, 3.63) is 70.8 Å². The molecule has 0 unspecified atom stereocenters. The molecule has 0 bridgehead atoms. The molecule has 0 aliphatic rings. The number of nitrogens with one attached hydrogen (secondary N) is 1. The first kappa shape index (κ1) is 19.6. The van der Waals surface area contributed by atoms with Crippen molar-refractivity contribution < 1.29 is 18.0 Å². The van der Waals surface area contributed by atoms with Crippen molar-refractivity contribution in [1.29, 1.82) is 0 Å². The fourth-order valence-corrected chi connectivity index (χ4v) is 2.33. The maximum absolute atomic E-state index is 12.9. The van der Waals surface area contributed by atoms with Crippen LogP contribution in [0.1, 0.15) is 47.8 Å². The first-order chi connectivity index (χ1) is 12.1. The molecule has 2 rings (SSSR count). The summed E-state index contributed by atoms with van der Waals surface area (Å²) in [6.45, 7) is 6.20. The second kappa shape index (κ2) is 7.65. The van der Waals surface area contributed by atoms with E-state index in [1.807, 2.05) is 12.1 Å². The van der Waals surface area contributed by atoms with Crippen LogP contribution in [0.2, 0.25) is 0 Å². The largest absolute Gasteiger partial charge is 0.417 e. The zero-order chi connectivity index (χ0) is 19.4. The highest BCUT2D eigenvalue weighted by Gasteiger charge is 2.32. The summed E-state index contributed by atoms with van der Waals surface area (Å²) >= 11 is 0. The number of hydrogen-bond donors (Lipinski definition) is 1. The van der Waals surface area contributed by atoms with Crippen molar-refractivity contribution in [3.8, 4) is 11.8 Å². The average Bonchev–Trinajstić information content (AvgIpc) is 2.57. The molecule has 0 aromatic heterocycles. The van der Waals surface area contributed by atoms with E-state index in [0.29, 0.717) is 5.56 Å². The van der Waals surface area contributed by atoms with Crippen LogP contribution in [0.5, 0.6) is 0 Å². The normalized spacial score (nSPS) is 11.5. The molecule has 0 aliphatic heterocycles. The standard InChI is InChI=1S/C21H20F3NO/c1-20(2,3)17-12-10-16(11-13-17)19(26)25-14-6-8-15-7-4-5-9-18(15)21(22,23)24/h4-5,7,9-13H,14H2,1-3H3,(H,25,26). The van der Waals surface area contributed by atoms with Gasteiger partial charge in [0.05, 0.1) is 12.1 Å². The van der Waals surface area contributed by atoms with Gasteiger partial charge in [-0.25, -0.2) is 0 Å². The lowest BCUT2D eigenvalue weighted by Gasteiger charge is -2.18. The molecule has 26 heavy (non-hydrogen) atoms. The SMILES string of the molecule is CC(C)(C)c1ccc(C(=O)NCC#Cc2ccccc2C(F)(F)F)cc1. The molecule has 0 aliphatic carbocycles. The highest BCUT2D eigenvalue weighted by molar-refractivity contribution is 5.94. The van der Waals surface area contributed by atoms with Crippen molar-refractivity contribution in [2.24, 2.45) is 0 Å². The molecule has 2 aromatic rings. The number of alkyl halides is 3. The van der Waals surface area contributed by atoms with Crippen molar-refractivity contribution in [2.45, 2.75) is 32.4 Å². The summed E-state index contributed by atoms with van der Waals surface area (Å²) in [5.41, 5.74) is 0.695. The molecule has 0 heterocycles. The first-order valence-electron chi connectivity index (χ1n) is 8.13. The van der Waals surface area contributed by atoms with Gasteiger partial charge in [-0.3, -0.25) is 4.79 Å². The molecule has 0 saturated heterocycles. The molecule has 5 heteroatoms. The molecule has 0 atom stereocenters. The van der Waals surface area contributed by atoms with E-state index in [1.165, 1.54) is 18.2 Å². The van der Waals surface area contributed by atoms with Gasteiger partial charge in [0.1, 0.15) is 0 Å². The molecular weight excluding hydrogens is 339 g/mol. The smallest absolute Gasteiger partial charge is 0.341 e. The van der Waals surface area contributed by atoms with Gasteiger partial charge in [0.2, 0.25) is 0 Å². The number of carbonyl (C=O) groups excluding carboxylic acids is 1. The van der Waals surface area contributed by atoms with Crippen LogP contribution in [0.4, 0.5) is 13.2 Å². The zero-order valence-electron chi connectivity index (χ0n) is 14.9. The van der Waals surface area contributed by atoms with E-state index in [9.17, 15) is 18.0 Å². The summed E-state index contributed by atoms with van der Waals surface area (Å²) in [6, 6.07) is 12.3. The van der Waals surface area contributed by atoms with E-state index in [1.54, 1.807) is 12.1 Å². The second-order valence-electron chi connectivity index (χ2n) is 6.86. The molecule has 0 saturated carbocycles. The summed E-state index contributed by atoms with van der Waals surface area (Å²) in [7, 11) is 0. The Morgan fingerprint density at radius 3 is 2.19 bits per heavy atom. The monoisotopic (exact) mass is 359 g/mol. The third-order valence-corrected chi connectivity index (χ3v) is 3.81. The predicted molar refractivity (Wildman–Crippen MR) is 95.8 cm³/mol. The van der Waals surface area contributed by atoms with Crippen molar-refractivity contribution >= 4 is 5.91 Å². The summed E-state index contributed by atoms with van der Waals surface area (Å²) in [5.74, 6) is 4.72. The number of hydrogen-bond acceptors (Lipinski definition) is 1. The van der Waals surface area contributed by atoms with Crippen LogP contribution >= 0.6 is 0 Å². The van der Waals surface area contributed by atoms with Crippen LogP contribution in [0.15, 0.2) is 48.5 Å². The van der Waals surface area contributed by atoms with E-state index in [4.69, 9.17) is 0 Å². The molecule has 0 fully saturated rings. The Bertz CT molecular complexity index is 835. The van der Waals surface area contributed by atoms with Crippen LogP contribution in [-0.4, -0.2) is 12.5 Å². The number of carbonyl (C=O) groups is 1. The van der Waals surface area contributed by atoms with Gasteiger partial charge < -0.3 is 5.32 Å².